The fourth-order valence-corrected chi connectivity index (χ4v) is 2.86. The van der Waals surface area contributed by atoms with Crippen LogP contribution in [0, 0.1) is 0 Å². The Kier molecular flexibility index (Phi) is 3.58. The van der Waals surface area contributed by atoms with Crippen LogP contribution in [0.5, 0.6) is 0 Å². The van der Waals surface area contributed by atoms with Crippen molar-refractivity contribution in [1.29, 1.82) is 0 Å². The molecule has 2 aromatic carbocycles. The van der Waals surface area contributed by atoms with E-state index in [4.69, 9.17) is 10.2 Å². The Balaban J connectivity index is 1.71. The summed E-state index contributed by atoms with van der Waals surface area (Å²) in [5.74, 6) is 1.66. The molecule has 0 bridgehead atoms. The molecule has 3 rings (SSSR count). The molecule has 0 aliphatic rings. The zero-order chi connectivity index (χ0) is 13.1. The number of hydrogen-bond acceptors (Lipinski definition) is 3. The molecule has 0 spiro atoms. The van der Waals surface area contributed by atoms with Crippen LogP contribution in [0.1, 0.15) is 11.8 Å². The summed E-state index contributed by atoms with van der Waals surface area (Å²) >= 11 is 1.75. The van der Waals surface area contributed by atoms with Gasteiger partial charge in [-0.1, -0.05) is 36.4 Å². The predicted octanol–water partition coefficient (Wildman–Crippen LogP) is 4.22. The summed E-state index contributed by atoms with van der Waals surface area (Å²) in [5.41, 5.74) is 7.09. The lowest BCUT2D eigenvalue weighted by Crippen LogP contribution is -2.11. The standard InChI is InChI=1S/C16H15NOS/c17-14(11-19-13-7-2-1-3-8-13)16-10-12-6-4-5-9-15(12)18-16/h1-10,14H,11,17H2. The van der Waals surface area contributed by atoms with Gasteiger partial charge < -0.3 is 10.2 Å². The van der Waals surface area contributed by atoms with Crippen molar-refractivity contribution < 1.29 is 4.42 Å². The maximum absolute atomic E-state index is 6.19. The van der Waals surface area contributed by atoms with Crippen molar-refractivity contribution in [3.05, 3.63) is 66.4 Å². The molecule has 3 aromatic rings. The highest BCUT2D eigenvalue weighted by molar-refractivity contribution is 7.99. The van der Waals surface area contributed by atoms with Gasteiger partial charge in [0.05, 0.1) is 6.04 Å². The molecule has 1 atom stereocenters. The minimum Gasteiger partial charge on any atom is -0.459 e. The summed E-state index contributed by atoms with van der Waals surface area (Å²) in [4.78, 5) is 1.23. The average molecular weight is 269 g/mol. The summed E-state index contributed by atoms with van der Waals surface area (Å²) < 4.78 is 5.78. The first-order chi connectivity index (χ1) is 9.33. The van der Waals surface area contributed by atoms with Gasteiger partial charge in [0.2, 0.25) is 0 Å². The number of fused-ring (bicyclic) bond motifs is 1. The number of furan rings is 1. The molecule has 0 aliphatic heterocycles. The van der Waals surface area contributed by atoms with Gasteiger partial charge in [0, 0.05) is 16.0 Å². The molecule has 1 unspecified atom stereocenters. The van der Waals surface area contributed by atoms with E-state index in [9.17, 15) is 0 Å². The summed E-state index contributed by atoms with van der Waals surface area (Å²) in [5, 5.41) is 1.11. The van der Waals surface area contributed by atoms with E-state index in [0.717, 1.165) is 22.5 Å². The van der Waals surface area contributed by atoms with Gasteiger partial charge in [-0.3, -0.25) is 0 Å². The first-order valence-corrected chi connectivity index (χ1v) is 7.23. The highest BCUT2D eigenvalue weighted by atomic mass is 32.2. The van der Waals surface area contributed by atoms with E-state index in [1.165, 1.54) is 4.90 Å². The third kappa shape index (κ3) is 2.83. The summed E-state index contributed by atoms with van der Waals surface area (Å²) in [6, 6.07) is 20.2. The van der Waals surface area contributed by atoms with E-state index in [1.54, 1.807) is 11.8 Å². The van der Waals surface area contributed by atoms with Gasteiger partial charge in [-0.2, -0.15) is 0 Å². The molecule has 0 radical (unpaired) electrons. The molecule has 0 aliphatic carbocycles. The fourth-order valence-electron chi connectivity index (χ4n) is 1.97. The second-order valence-electron chi connectivity index (χ2n) is 4.42. The van der Waals surface area contributed by atoms with Crippen molar-refractivity contribution in [3.8, 4) is 0 Å². The molecule has 1 aromatic heterocycles. The Morgan fingerprint density at radius 3 is 2.53 bits per heavy atom. The lowest BCUT2D eigenvalue weighted by atomic mass is 10.2. The molecule has 3 heteroatoms. The molecule has 19 heavy (non-hydrogen) atoms. The van der Waals surface area contributed by atoms with Crippen LogP contribution in [0.15, 0.2) is 70.0 Å². The van der Waals surface area contributed by atoms with E-state index >= 15 is 0 Å². The van der Waals surface area contributed by atoms with Gasteiger partial charge in [-0.15, -0.1) is 11.8 Å². The van der Waals surface area contributed by atoms with Crippen molar-refractivity contribution in [2.24, 2.45) is 5.73 Å². The molecule has 0 saturated heterocycles. The zero-order valence-corrected chi connectivity index (χ0v) is 11.3. The van der Waals surface area contributed by atoms with E-state index < -0.39 is 0 Å². The van der Waals surface area contributed by atoms with Gasteiger partial charge in [0.15, 0.2) is 0 Å². The second-order valence-corrected chi connectivity index (χ2v) is 5.51. The highest BCUT2D eigenvalue weighted by Crippen LogP contribution is 2.27. The minimum absolute atomic E-state index is 0.0855. The Hall–Kier alpha value is -1.71. The van der Waals surface area contributed by atoms with Crippen molar-refractivity contribution in [2.75, 3.05) is 5.75 Å². The third-order valence-corrected chi connectivity index (χ3v) is 4.11. The number of thioether (sulfide) groups is 1. The van der Waals surface area contributed by atoms with Crippen LogP contribution in [0.4, 0.5) is 0 Å². The number of hydrogen-bond donors (Lipinski definition) is 1. The molecule has 2 N–H and O–H groups in total. The van der Waals surface area contributed by atoms with Crippen LogP contribution >= 0.6 is 11.8 Å². The lowest BCUT2D eigenvalue weighted by Gasteiger charge is -2.07. The first kappa shape index (κ1) is 12.3. The van der Waals surface area contributed by atoms with Crippen molar-refractivity contribution in [2.45, 2.75) is 10.9 Å². The number of para-hydroxylation sites is 1. The van der Waals surface area contributed by atoms with Crippen LogP contribution in [0.2, 0.25) is 0 Å². The largest absolute Gasteiger partial charge is 0.459 e. The van der Waals surface area contributed by atoms with Crippen LogP contribution in [0.25, 0.3) is 11.0 Å². The predicted molar refractivity (Wildman–Crippen MR) is 80.3 cm³/mol. The number of benzene rings is 2. The summed E-state index contributed by atoms with van der Waals surface area (Å²) in [7, 11) is 0. The molecule has 0 amide bonds. The number of nitrogens with two attached hydrogens (primary N) is 1. The van der Waals surface area contributed by atoms with Crippen LogP contribution < -0.4 is 5.73 Å². The van der Waals surface area contributed by atoms with Gasteiger partial charge in [-0.25, -0.2) is 0 Å². The molecular formula is C16H15NOS. The maximum atomic E-state index is 6.19. The zero-order valence-electron chi connectivity index (χ0n) is 10.5. The monoisotopic (exact) mass is 269 g/mol. The molecule has 1 heterocycles. The Morgan fingerprint density at radius 2 is 1.74 bits per heavy atom. The second kappa shape index (κ2) is 5.51. The molecule has 96 valence electrons. The van der Waals surface area contributed by atoms with E-state index in [-0.39, 0.29) is 6.04 Å². The first-order valence-electron chi connectivity index (χ1n) is 6.25. The number of rotatable bonds is 4. The van der Waals surface area contributed by atoms with Crippen LogP contribution in [-0.4, -0.2) is 5.75 Å². The van der Waals surface area contributed by atoms with E-state index in [1.807, 2.05) is 48.5 Å². The molecule has 0 fully saturated rings. The normalized spacial score (nSPS) is 12.7. The Morgan fingerprint density at radius 1 is 1.00 bits per heavy atom. The molecule has 2 nitrogen and oxygen atoms in total. The third-order valence-electron chi connectivity index (χ3n) is 2.98. The van der Waals surface area contributed by atoms with Crippen LogP contribution in [-0.2, 0) is 0 Å². The van der Waals surface area contributed by atoms with Gasteiger partial charge >= 0.3 is 0 Å². The van der Waals surface area contributed by atoms with Gasteiger partial charge in [0.1, 0.15) is 11.3 Å². The fraction of sp³-hybridized carbons (Fsp3) is 0.125. The smallest absolute Gasteiger partial charge is 0.134 e. The van der Waals surface area contributed by atoms with Gasteiger partial charge in [-0.05, 0) is 24.3 Å². The average Bonchev–Trinajstić information content (AvgIpc) is 2.90. The minimum atomic E-state index is -0.0855. The van der Waals surface area contributed by atoms with E-state index in [0.29, 0.717) is 0 Å². The van der Waals surface area contributed by atoms with Gasteiger partial charge in [0.25, 0.3) is 0 Å². The highest BCUT2D eigenvalue weighted by Gasteiger charge is 2.12. The topological polar surface area (TPSA) is 39.2 Å². The van der Waals surface area contributed by atoms with Crippen molar-refractivity contribution in [3.63, 3.8) is 0 Å². The summed E-state index contributed by atoms with van der Waals surface area (Å²) in [6.45, 7) is 0. The summed E-state index contributed by atoms with van der Waals surface area (Å²) in [6.07, 6.45) is 0. The Bertz CT molecular complexity index is 630. The lowest BCUT2D eigenvalue weighted by molar-refractivity contribution is 0.516. The maximum Gasteiger partial charge on any atom is 0.134 e. The van der Waals surface area contributed by atoms with E-state index in [2.05, 4.69) is 12.1 Å². The van der Waals surface area contributed by atoms with Crippen LogP contribution in [0.3, 0.4) is 0 Å². The molecular weight excluding hydrogens is 254 g/mol. The molecule has 0 saturated carbocycles. The SMILES string of the molecule is NC(CSc1ccccc1)c1cc2ccccc2o1. The van der Waals surface area contributed by atoms with Crippen molar-refractivity contribution in [1.82, 2.24) is 0 Å². The Labute approximate surface area is 116 Å². The quantitative estimate of drug-likeness (QED) is 0.721. The van der Waals surface area contributed by atoms with Crippen molar-refractivity contribution >= 4 is 22.7 Å².